The Labute approximate surface area is 194 Å². The van der Waals surface area contributed by atoms with Gasteiger partial charge in [0.15, 0.2) is 0 Å². The number of piperazine rings is 1. The molecule has 1 atom stereocenters. The molecule has 33 heavy (non-hydrogen) atoms. The fourth-order valence-corrected chi connectivity index (χ4v) is 4.36. The number of esters is 1. The molecule has 8 nitrogen and oxygen atoms in total. The highest BCUT2D eigenvalue weighted by Gasteiger charge is 2.34. The van der Waals surface area contributed by atoms with Crippen molar-refractivity contribution in [2.75, 3.05) is 51.3 Å². The molecule has 2 N–H and O–H groups in total. The van der Waals surface area contributed by atoms with Crippen LogP contribution in [0.1, 0.15) is 18.5 Å². The molecule has 8 heteroatoms. The fraction of sp³-hybridized carbons (Fsp3) is 0.360. The number of anilines is 1. The second-order valence-electron chi connectivity index (χ2n) is 7.99. The smallest absolute Gasteiger partial charge is 0.338 e. The van der Waals surface area contributed by atoms with Crippen molar-refractivity contribution >= 4 is 17.7 Å². The highest BCUT2D eigenvalue weighted by molar-refractivity contribution is 5.95. The maximum absolute atomic E-state index is 12.7. The zero-order chi connectivity index (χ0) is 23.2. The van der Waals surface area contributed by atoms with E-state index in [1.54, 1.807) is 0 Å². The number of urea groups is 1. The van der Waals surface area contributed by atoms with Crippen molar-refractivity contribution in [1.29, 1.82) is 0 Å². The summed E-state index contributed by atoms with van der Waals surface area (Å²) in [4.78, 5) is 29.7. The zero-order valence-electron chi connectivity index (χ0n) is 19.0. The van der Waals surface area contributed by atoms with Gasteiger partial charge >= 0.3 is 12.0 Å². The Hall–Kier alpha value is -3.52. The van der Waals surface area contributed by atoms with E-state index in [1.807, 2.05) is 55.5 Å². The lowest BCUT2D eigenvalue weighted by atomic mass is 9.95. The van der Waals surface area contributed by atoms with Gasteiger partial charge in [-0.05, 0) is 24.6 Å². The average molecular weight is 451 g/mol. The first-order chi connectivity index (χ1) is 16.1. The molecule has 2 amide bonds. The average Bonchev–Trinajstić information content (AvgIpc) is 2.85. The van der Waals surface area contributed by atoms with Gasteiger partial charge < -0.3 is 25.0 Å². The van der Waals surface area contributed by atoms with Crippen molar-refractivity contribution in [3.05, 3.63) is 71.4 Å². The normalized spacial score (nSPS) is 19.0. The Kier molecular flexibility index (Phi) is 7.14. The molecule has 174 valence electrons. The molecule has 0 bridgehead atoms. The Balaban J connectivity index is 1.52. The predicted octanol–water partition coefficient (Wildman–Crippen LogP) is 2.69. The number of ether oxygens (including phenoxy) is 2. The second kappa shape index (κ2) is 10.4. The Morgan fingerprint density at radius 3 is 2.42 bits per heavy atom. The van der Waals surface area contributed by atoms with Gasteiger partial charge in [0.25, 0.3) is 0 Å². The number of amides is 2. The molecule has 2 aromatic carbocycles. The van der Waals surface area contributed by atoms with Crippen molar-refractivity contribution in [3.8, 4) is 5.75 Å². The van der Waals surface area contributed by atoms with Crippen LogP contribution in [0.5, 0.6) is 5.75 Å². The van der Waals surface area contributed by atoms with Crippen LogP contribution in [0.15, 0.2) is 65.9 Å². The molecular weight excluding hydrogens is 420 g/mol. The third-order valence-corrected chi connectivity index (χ3v) is 5.95. The van der Waals surface area contributed by atoms with E-state index in [9.17, 15) is 9.59 Å². The quantitative estimate of drug-likeness (QED) is 0.631. The summed E-state index contributed by atoms with van der Waals surface area (Å²) in [7, 11) is 1.36. The molecule has 1 fully saturated rings. The minimum absolute atomic E-state index is 0.323. The molecule has 2 heterocycles. The van der Waals surface area contributed by atoms with E-state index in [-0.39, 0.29) is 6.03 Å². The van der Waals surface area contributed by atoms with E-state index >= 15 is 0 Å². The maximum Gasteiger partial charge on any atom is 0.338 e. The second-order valence-corrected chi connectivity index (χ2v) is 7.99. The third kappa shape index (κ3) is 5.12. The first-order valence-corrected chi connectivity index (χ1v) is 11.2. The van der Waals surface area contributed by atoms with Gasteiger partial charge in [-0.1, -0.05) is 42.5 Å². The van der Waals surface area contributed by atoms with Crippen LogP contribution in [0.25, 0.3) is 0 Å². The molecule has 0 radical (unpaired) electrons. The zero-order valence-corrected chi connectivity index (χ0v) is 19.0. The fourth-order valence-electron chi connectivity index (χ4n) is 4.36. The minimum atomic E-state index is -0.554. The number of carbonyl (C=O) groups is 2. The Morgan fingerprint density at radius 2 is 1.73 bits per heavy atom. The summed E-state index contributed by atoms with van der Waals surface area (Å²) in [6, 6.07) is 16.7. The predicted molar refractivity (Wildman–Crippen MR) is 126 cm³/mol. The van der Waals surface area contributed by atoms with Crippen LogP contribution in [-0.4, -0.2) is 63.3 Å². The molecule has 2 aromatic rings. The summed E-state index contributed by atoms with van der Waals surface area (Å²) < 4.78 is 10.9. The first-order valence-electron chi connectivity index (χ1n) is 11.2. The number of hydrogen-bond acceptors (Lipinski definition) is 6. The van der Waals surface area contributed by atoms with Crippen molar-refractivity contribution < 1.29 is 19.1 Å². The minimum Gasteiger partial charge on any atom is -0.492 e. The Morgan fingerprint density at radius 1 is 1.03 bits per heavy atom. The van der Waals surface area contributed by atoms with Gasteiger partial charge in [0.2, 0.25) is 0 Å². The van der Waals surface area contributed by atoms with Crippen molar-refractivity contribution in [1.82, 2.24) is 15.5 Å². The van der Waals surface area contributed by atoms with E-state index in [0.717, 1.165) is 43.2 Å². The van der Waals surface area contributed by atoms with Crippen molar-refractivity contribution in [2.24, 2.45) is 0 Å². The van der Waals surface area contributed by atoms with Crippen LogP contribution >= 0.6 is 0 Å². The SMILES string of the molecule is CCOc1ccccc1N1CCN(CC2=C(C(=O)OC)[C@H](c3ccccc3)NC(=O)N2)CC1. The van der Waals surface area contributed by atoms with Gasteiger partial charge in [-0.2, -0.15) is 0 Å². The number of methoxy groups -OCH3 is 1. The molecule has 0 aromatic heterocycles. The molecule has 0 unspecified atom stereocenters. The van der Waals surface area contributed by atoms with Gasteiger partial charge in [0, 0.05) is 38.4 Å². The van der Waals surface area contributed by atoms with Crippen LogP contribution in [0.2, 0.25) is 0 Å². The maximum atomic E-state index is 12.7. The first kappa shape index (κ1) is 22.7. The van der Waals surface area contributed by atoms with E-state index in [4.69, 9.17) is 9.47 Å². The lowest BCUT2D eigenvalue weighted by Crippen LogP contribution is -2.51. The van der Waals surface area contributed by atoms with E-state index in [2.05, 4.69) is 26.5 Å². The van der Waals surface area contributed by atoms with Gasteiger partial charge in [0.05, 0.1) is 31.0 Å². The molecule has 2 aliphatic heterocycles. The number of rotatable bonds is 7. The molecule has 0 saturated carbocycles. The van der Waals surface area contributed by atoms with Gasteiger partial charge in [0.1, 0.15) is 5.75 Å². The Bertz CT molecular complexity index is 1020. The van der Waals surface area contributed by atoms with Gasteiger partial charge in [-0.25, -0.2) is 9.59 Å². The number of benzene rings is 2. The van der Waals surface area contributed by atoms with E-state index < -0.39 is 12.0 Å². The molecular formula is C25H30N4O4. The number of hydrogen-bond donors (Lipinski definition) is 2. The highest BCUT2D eigenvalue weighted by Crippen LogP contribution is 2.30. The largest absolute Gasteiger partial charge is 0.492 e. The van der Waals surface area contributed by atoms with Crippen LogP contribution in [0.3, 0.4) is 0 Å². The van der Waals surface area contributed by atoms with Gasteiger partial charge in [-0.15, -0.1) is 0 Å². The van der Waals surface area contributed by atoms with E-state index in [0.29, 0.717) is 24.4 Å². The van der Waals surface area contributed by atoms with E-state index in [1.165, 1.54) is 7.11 Å². The lowest BCUT2D eigenvalue weighted by molar-refractivity contribution is -0.136. The summed E-state index contributed by atoms with van der Waals surface area (Å²) in [5.74, 6) is 0.441. The molecule has 2 aliphatic rings. The third-order valence-electron chi connectivity index (χ3n) is 5.95. The number of nitrogens with one attached hydrogen (secondary N) is 2. The topological polar surface area (TPSA) is 83.1 Å². The number of carbonyl (C=O) groups excluding carboxylic acids is 2. The van der Waals surface area contributed by atoms with Crippen LogP contribution in [-0.2, 0) is 9.53 Å². The molecule has 0 spiro atoms. The summed E-state index contributed by atoms with van der Waals surface area (Å²) >= 11 is 0. The number of para-hydroxylation sites is 2. The number of nitrogens with zero attached hydrogens (tertiary/aromatic N) is 2. The van der Waals surface area contributed by atoms with Crippen LogP contribution in [0.4, 0.5) is 10.5 Å². The van der Waals surface area contributed by atoms with Crippen molar-refractivity contribution in [2.45, 2.75) is 13.0 Å². The standard InChI is InChI=1S/C25H30N4O4/c1-3-33-21-12-8-7-11-20(21)29-15-13-28(14-16-29)17-19-22(24(30)32-2)23(27-25(31)26-19)18-9-5-4-6-10-18/h4-12,23H,3,13-17H2,1-2H3,(H2,26,27,31)/t23-/m0/s1. The summed E-state index contributed by atoms with van der Waals surface area (Å²) in [5.41, 5.74) is 2.95. The van der Waals surface area contributed by atoms with Gasteiger partial charge in [-0.3, -0.25) is 4.90 Å². The monoisotopic (exact) mass is 450 g/mol. The summed E-state index contributed by atoms with van der Waals surface area (Å²) in [5, 5.41) is 5.71. The lowest BCUT2D eigenvalue weighted by Gasteiger charge is -2.38. The summed E-state index contributed by atoms with van der Waals surface area (Å²) in [6.45, 7) is 6.28. The van der Waals surface area contributed by atoms with Crippen LogP contribution < -0.4 is 20.3 Å². The molecule has 1 saturated heterocycles. The molecule has 0 aliphatic carbocycles. The summed E-state index contributed by atoms with van der Waals surface area (Å²) in [6.07, 6.45) is 0. The molecule has 4 rings (SSSR count). The highest BCUT2D eigenvalue weighted by atomic mass is 16.5. The van der Waals surface area contributed by atoms with Crippen LogP contribution in [0, 0.1) is 0 Å². The van der Waals surface area contributed by atoms with Crippen molar-refractivity contribution in [3.63, 3.8) is 0 Å².